The van der Waals surface area contributed by atoms with Crippen molar-refractivity contribution < 1.29 is 5.11 Å². The van der Waals surface area contributed by atoms with E-state index in [9.17, 15) is 0 Å². The van der Waals surface area contributed by atoms with Gasteiger partial charge in [0.05, 0.1) is 0 Å². The maximum Gasteiger partial charge on any atom is 0.158 e. The molecule has 2 rings (SSSR count). The van der Waals surface area contributed by atoms with E-state index in [0.29, 0.717) is 11.1 Å². The summed E-state index contributed by atoms with van der Waals surface area (Å²) in [6.07, 6.45) is 5.65. The Kier molecular flexibility index (Phi) is 3.42. The van der Waals surface area contributed by atoms with Crippen LogP contribution in [0.4, 0.5) is 0 Å². The van der Waals surface area contributed by atoms with Crippen LogP contribution in [0.15, 0.2) is 6.33 Å². The maximum absolute atomic E-state index is 9.01. The molecule has 0 bridgehead atoms. The van der Waals surface area contributed by atoms with Crippen LogP contribution in [-0.4, -0.2) is 30.9 Å². The third-order valence-electron chi connectivity index (χ3n) is 2.51. The zero-order chi connectivity index (χ0) is 9.80. The van der Waals surface area contributed by atoms with E-state index in [1.54, 1.807) is 6.33 Å². The third-order valence-corrected chi connectivity index (χ3v) is 3.89. The summed E-state index contributed by atoms with van der Waals surface area (Å²) < 4.78 is 1.96. The van der Waals surface area contributed by atoms with Crippen LogP contribution in [0.1, 0.15) is 25.1 Å². The number of thioether (sulfide) groups is 1. The van der Waals surface area contributed by atoms with Crippen molar-refractivity contribution in [3.63, 3.8) is 0 Å². The number of nitrogens with zero attached hydrogens (tertiary/aromatic N) is 3. The Morgan fingerprint density at radius 3 is 3.21 bits per heavy atom. The van der Waals surface area contributed by atoms with Crippen LogP contribution >= 0.6 is 11.8 Å². The molecule has 1 atom stereocenters. The summed E-state index contributed by atoms with van der Waals surface area (Å²) in [6, 6.07) is 0. The van der Waals surface area contributed by atoms with Crippen molar-refractivity contribution in [1.82, 2.24) is 14.8 Å². The molecule has 0 saturated carbocycles. The van der Waals surface area contributed by atoms with Crippen molar-refractivity contribution in [3.05, 3.63) is 12.2 Å². The van der Waals surface area contributed by atoms with Crippen LogP contribution in [0.25, 0.3) is 0 Å². The molecule has 1 fully saturated rings. The minimum absolute atomic E-state index is 0.0165. The molecule has 1 aromatic heterocycles. The largest absolute Gasteiger partial charge is 0.388 e. The summed E-state index contributed by atoms with van der Waals surface area (Å²) in [5.74, 6) is 1.94. The van der Waals surface area contributed by atoms with E-state index in [4.69, 9.17) is 5.11 Å². The summed E-state index contributed by atoms with van der Waals surface area (Å²) in [7, 11) is 0. The molecule has 5 heteroatoms. The quantitative estimate of drug-likeness (QED) is 0.815. The van der Waals surface area contributed by atoms with Gasteiger partial charge in [-0.05, 0) is 18.6 Å². The molecule has 0 amide bonds. The van der Waals surface area contributed by atoms with Crippen LogP contribution in [0.2, 0.25) is 0 Å². The van der Waals surface area contributed by atoms with E-state index in [-0.39, 0.29) is 6.61 Å². The zero-order valence-corrected chi connectivity index (χ0v) is 8.91. The molecule has 4 nitrogen and oxygen atoms in total. The Labute approximate surface area is 87.7 Å². The smallest absolute Gasteiger partial charge is 0.158 e. The lowest BCUT2D eigenvalue weighted by Crippen LogP contribution is -2.18. The normalized spacial score (nSPS) is 22.5. The summed E-state index contributed by atoms with van der Waals surface area (Å²) >= 11 is 2.02. The van der Waals surface area contributed by atoms with E-state index in [1.807, 2.05) is 16.3 Å². The van der Waals surface area contributed by atoms with Crippen LogP contribution in [-0.2, 0) is 13.2 Å². The number of hydrogen-bond donors (Lipinski definition) is 1. The van der Waals surface area contributed by atoms with Gasteiger partial charge >= 0.3 is 0 Å². The predicted molar refractivity (Wildman–Crippen MR) is 56.0 cm³/mol. The highest BCUT2D eigenvalue weighted by atomic mass is 32.2. The van der Waals surface area contributed by atoms with E-state index < -0.39 is 0 Å². The van der Waals surface area contributed by atoms with Gasteiger partial charge in [-0.1, -0.05) is 6.42 Å². The zero-order valence-electron chi connectivity index (χ0n) is 8.09. The molecule has 0 spiro atoms. The number of aliphatic hydroxyl groups is 1. The van der Waals surface area contributed by atoms with E-state index in [2.05, 4.69) is 10.2 Å². The molecule has 0 radical (unpaired) electrons. The highest BCUT2D eigenvalue weighted by molar-refractivity contribution is 7.99. The highest BCUT2D eigenvalue weighted by Crippen LogP contribution is 2.26. The van der Waals surface area contributed by atoms with Gasteiger partial charge in [-0.3, -0.25) is 0 Å². The molecule has 1 aliphatic rings. The Morgan fingerprint density at radius 1 is 1.57 bits per heavy atom. The fourth-order valence-electron chi connectivity index (χ4n) is 1.72. The molecule has 0 aliphatic carbocycles. The van der Waals surface area contributed by atoms with Crippen molar-refractivity contribution in [2.45, 2.75) is 37.7 Å². The Bertz CT molecular complexity index is 283. The number of aromatic nitrogens is 3. The van der Waals surface area contributed by atoms with Gasteiger partial charge < -0.3 is 9.67 Å². The summed E-state index contributed by atoms with van der Waals surface area (Å²) in [4.78, 5) is 0. The van der Waals surface area contributed by atoms with E-state index in [0.717, 1.165) is 6.54 Å². The second kappa shape index (κ2) is 4.79. The van der Waals surface area contributed by atoms with Gasteiger partial charge in [0, 0.05) is 11.8 Å². The van der Waals surface area contributed by atoms with E-state index >= 15 is 0 Å². The fourth-order valence-corrected chi connectivity index (χ4v) is 3.03. The first-order valence-corrected chi connectivity index (χ1v) is 6.04. The first-order valence-electron chi connectivity index (χ1n) is 4.99. The SMILES string of the molecule is OCc1nncn1CC1CCCCS1. The van der Waals surface area contributed by atoms with Gasteiger partial charge in [0.25, 0.3) is 0 Å². The Morgan fingerprint density at radius 2 is 2.50 bits per heavy atom. The summed E-state index contributed by atoms with van der Waals surface area (Å²) in [5, 5.41) is 17.3. The lowest BCUT2D eigenvalue weighted by Gasteiger charge is -2.21. The van der Waals surface area contributed by atoms with Crippen molar-refractivity contribution >= 4 is 11.8 Å². The standard InChI is InChI=1S/C9H15N3OS/c13-6-9-11-10-7-12(9)5-8-3-1-2-4-14-8/h7-8,13H,1-6H2. The van der Waals surface area contributed by atoms with Crippen molar-refractivity contribution in [1.29, 1.82) is 0 Å². The first kappa shape index (κ1) is 9.98. The molecule has 14 heavy (non-hydrogen) atoms. The monoisotopic (exact) mass is 213 g/mol. The first-order chi connectivity index (χ1) is 6.90. The van der Waals surface area contributed by atoms with Crippen LogP contribution in [0.3, 0.4) is 0 Å². The third kappa shape index (κ3) is 2.27. The van der Waals surface area contributed by atoms with Gasteiger partial charge in [0.2, 0.25) is 0 Å². The fraction of sp³-hybridized carbons (Fsp3) is 0.778. The van der Waals surface area contributed by atoms with Gasteiger partial charge in [0.1, 0.15) is 12.9 Å². The molecule has 1 unspecified atom stereocenters. The lowest BCUT2D eigenvalue weighted by atomic mass is 10.2. The average Bonchev–Trinajstić information content (AvgIpc) is 2.67. The minimum atomic E-state index is -0.0165. The van der Waals surface area contributed by atoms with Crippen molar-refractivity contribution in [3.8, 4) is 0 Å². The Balaban J connectivity index is 1.95. The summed E-state index contributed by atoms with van der Waals surface area (Å²) in [5.41, 5.74) is 0. The molecule has 78 valence electrons. The number of rotatable bonds is 3. The van der Waals surface area contributed by atoms with Crippen LogP contribution < -0.4 is 0 Å². The lowest BCUT2D eigenvalue weighted by molar-refractivity contribution is 0.264. The van der Waals surface area contributed by atoms with Gasteiger partial charge in [-0.2, -0.15) is 11.8 Å². The minimum Gasteiger partial charge on any atom is -0.388 e. The van der Waals surface area contributed by atoms with Gasteiger partial charge in [-0.15, -0.1) is 10.2 Å². The number of aliphatic hydroxyl groups excluding tert-OH is 1. The van der Waals surface area contributed by atoms with Crippen LogP contribution in [0, 0.1) is 0 Å². The molecule has 2 heterocycles. The number of hydrogen-bond acceptors (Lipinski definition) is 4. The second-order valence-electron chi connectivity index (χ2n) is 3.55. The molecular formula is C9H15N3OS. The topological polar surface area (TPSA) is 50.9 Å². The summed E-state index contributed by atoms with van der Waals surface area (Å²) in [6.45, 7) is 0.922. The molecule has 1 aliphatic heterocycles. The van der Waals surface area contributed by atoms with E-state index in [1.165, 1.54) is 25.0 Å². The molecular weight excluding hydrogens is 198 g/mol. The molecule has 0 aromatic carbocycles. The second-order valence-corrected chi connectivity index (χ2v) is 4.95. The van der Waals surface area contributed by atoms with Crippen LogP contribution in [0.5, 0.6) is 0 Å². The van der Waals surface area contributed by atoms with Gasteiger partial charge in [-0.25, -0.2) is 0 Å². The average molecular weight is 213 g/mol. The molecule has 1 saturated heterocycles. The van der Waals surface area contributed by atoms with Crippen molar-refractivity contribution in [2.24, 2.45) is 0 Å². The van der Waals surface area contributed by atoms with Crippen molar-refractivity contribution in [2.75, 3.05) is 5.75 Å². The van der Waals surface area contributed by atoms with Gasteiger partial charge in [0.15, 0.2) is 5.82 Å². The molecule has 1 N–H and O–H groups in total. The predicted octanol–water partition coefficient (Wildman–Crippen LogP) is 1.06. The Hall–Kier alpha value is -0.550. The maximum atomic E-state index is 9.01. The highest BCUT2D eigenvalue weighted by Gasteiger charge is 2.15. The molecule has 1 aromatic rings.